The van der Waals surface area contributed by atoms with Crippen molar-refractivity contribution in [1.29, 1.82) is 0 Å². The molecule has 2 amide bonds. The summed E-state index contributed by atoms with van der Waals surface area (Å²) < 4.78 is 0.967. The molecular formula is C12H17BrN2O2S. The van der Waals surface area contributed by atoms with Gasteiger partial charge in [-0.05, 0) is 36.9 Å². The number of carbonyl (C=O) groups is 1. The summed E-state index contributed by atoms with van der Waals surface area (Å²) in [7, 11) is 0. The molecule has 0 spiro atoms. The Bertz CT molecular complexity index is 367. The summed E-state index contributed by atoms with van der Waals surface area (Å²) in [5.74, 6) is 0.786. The number of carbonyl (C=O) groups excluding carboxylic acids is 1. The molecule has 1 aromatic carbocycles. The summed E-state index contributed by atoms with van der Waals surface area (Å²) >= 11 is 4.97. The van der Waals surface area contributed by atoms with Gasteiger partial charge in [-0.25, -0.2) is 4.79 Å². The average molecular weight is 333 g/mol. The van der Waals surface area contributed by atoms with E-state index in [0.29, 0.717) is 6.42 Å². The van der Waals surface area contributed by atoms with E-state index in [1.165, 1.54) is 0 Å². The molecule has 0 saturated heterocycles. The van der Waals surface area contributed by atoms with Crippen molar-refractivity contribution < 1.29 is 9.90 Å². The third kappa shape index (κ3) is 5.75. The summed E-state index contributed by atoms with van der Waals surface area (Å²) in [6.45, 7) is 0.0732. The molecule has 0 aromatic heterocycles. The van der Waals surface area contributed by atoms with E-state index in [1.807, 2.05) is 30.5 Å². The molecule has 3 N–H and O–H groups in total. The van der Waals surface area contributed by atoms with Gasteiger partial charge >= 0.3 is 6.03 Å². The van der Waals surface area contributed by atoms with Gasteiger partial charge in [0.2, 0.25) is 0 Å². The van der Waals surface area contributed by atoms with Crippen LogP contribution in [0.5, 0.6) is 0 Å². The number of anilines is 1. The monoisotopic (exact) mass is 332 g/mol. The van der Waals surface area contributed by atoms with Crippen LogP contribution in [0.4, 0.5) is 10.5 Å². The molecule has 100 valence electrons. The minimum atomic E-state index is -0.246. The minimum absolute atomic E-state index is 0.0135. The van der Waals surface area contributed by atoms with Gasteiger partial charge in [0.1, 0.15) is 0 Å². The van der Waals surface area contributed by atoms with Gasteiger partial charge < -0.3 is 15.7 Å². The van der Waals surface area contributed by atoms with Crippen molar-refractivity contribution >= 4 is 39.4 Å². The first-order valence-corrected chi connectivity index (χ1v) is 7.77. The average Bonchev–Trinajstić information content (AvgIpc) is 2.33. The Labute approximate surface area is 120 Å². The van der Waals surface area contributed by atoms with E-state index in [-0.39, 0.29) is 18.7 Å². The second-order valence-corrected chi connectivity index (χ2v) is 5.60. The summed E-state index contributed by atoms with van der Waals surface area (Å²) in [6.07, 6.45) is 2.53. The second kappa shape index (κ2) is 8.39. The van der Waals surface area contributed by atoms with Gasteiger partial charge in [-0.15, -0.1) is 0 Å². The number of amides is 2. The number of halogens is 1. The van der Waals surface area contributed by atoms with Gasteiger partial charge in [0.15, 0.2) is 0 Å². The third-order valence-electron chi connectivity index (χ3n) is 2.28. The maximum atomic E-state index is 11.7. The molecule has 0 bridgehead atoms. The maximum Gasteiger partial charge on any atom is 0.319 e. The first kappa shape index (κ1) is 15.3. The zero-order valence-corrected chi connectivity index (χ0v) is 12.6. The van der Waals surface area contributed by atoms with Crippen molar-refractivity contribution in [2.45, 2.75) is 12.5 Å². The Hall–Kier alpha value is -0.720. The molecule has 1 atom stereocenters. The smallest absolute Gasteiger partial charge is 0.319 e. The first-order chi connectivity index (χ1) is 8.65. The molecule has 1 aromatic rings. The SMILES string of the molecule is CSC[C@H](CCO)NC(=O)Nc1ccc(Br)cc1. The number of hydrogen-bond donors (Lipinski definition) is 3. The number of thioether (sulfide) groups is 1. The number of nitrogens with one attached hydrogen (secondary N) is 2. The highest BCUT2D eigenvalue weighted by Gasteiger charge is 2.11. The van der Waals surface area contributed by atoms with Gasteiger partial charge in [0.25, 0.3) is 0 Å². The van der Waals surface area contributed by atoms with Gasteiger partial charge in [0.05, 0.1) is 0 Å². The lowest BCUT2D eigenvalue weighted by Crippen LogP contribution is -2.40. The predicted molar refractivity (Wildman–Crippen MR) is 80.2 cm³/mol. The molecule has 0 aliphatic heterocycles. The summed E-state index contributed by atoms with van der Waals surface area (Å²) in [4.78, 5) is 11.7. The highest BCUT2D eigenvalue weighted by atomic mass is 79.9. The van der Waals surface area contributed by atoms with Crippen LogP contribution >= 0.6 is 27.7 Å². The van der Waals surface area contributed by atoms with E-state index in [9.17, 15) is 4.79 Å². The van der Waals surface area contributed by atoms with Crippen molar-refractivity contribution in [3.63, 3.8) is 0 Å². The van der Waals surface area contributed by atoms with Crippen molar-refractivity contribution in [2.24, 2.45) is 0 Å². The highest BCUT2D eigenvalue weighted by molar-refractivity contribution is 9.10. The number of hydrogen-bond acceptors (Lipinski definition) is 3. The Morgan fingerprint density at radius 1 is 1.44 bits per heavy atom. The Kier molecular flexibility index (Phi) is 7.15. The largest absolute Gasteiger partial charge is 0.396 e. The van der Waals surface area contributed by atoms with Crippen LogP contribution in [0.15, 0.2) is 28.7 Å². The molecule has 0 saturated carbocycles. The molecule has 4 nitrogen and oxygen atoms in total. The Morgan fingerprint density at radius 2 is 2.11 bits per heavy atom. The normalized spacial score (nSPS) is 11.9. The van der Waals surface area contributed by atoms with Crippen LogP contribution in [-0.2, 0) is 0 Å². The molecule has 6 heteroatoms. The number of aliphatic hydroxyl groups is 1. The molecule has 0 aliphatic rings. The van der Waals surface area contributed by atoms with E-state index in [4.69, 9.17) is 5.11 Å². The molecule has 0 radical (unpaired) electrons. The van der Waals surface area contributed by atoms with Crippen LogP contribution in [0, 0.1) is 0 Å². The van der Waals surface area contributed by atoms with E-state index in [1.54, 1.807) is 11.8 Å². The number of aliphatic hydroxyl groups excluding tert-OH is 1. The van der Waals surface area contributed by atoms with Crippen molar-refractivity contribution in [3.05, 3.63) is 28.7 Å². The molecule has 1 rings (SSSR count). The summed E-state index contributed by atoms with van der Waals surface area (Å²) in [6, 6.07) is 7.11. The molecule has 0 aliphatic carbocycles. The van der Waals surface area contributed by atoms with Crippen molar-refractivity contribution in [2.75, 3.05) is 23.9 Å². The number of rotatable bonds is 6. The molecular weight excluding hydrogens is 316 g/mol. The van der Waals surface area contributed by atoms with Gasteiger partial charge in [-0.3, -0.25) is 0 Å². The number of benzene rings is 1. The van der Waals surface area contributed by atoms with Crippen LogP contribution in [0.25, 0.3) is 0 Å². The van der Waals surface area contributed by atoms with Gasteiger partial charge in [0, 0.05) is 28.6 Å². The van der Waals surface area contributed by atoms with Gasteiger partial charge in [-0.2, -0.15) is 11.8 Å². The van der Waals surface area contributed by atoms with Crippen molar-refractivity contribution in [3.8, 4) is 0 Å². The fraction of sp³-hybridized carbons (Fsp3) is 0.417. The Balaban J connectivity index is 2.46. The predicted octanol–water partition coefficient (Wildman–Crippen LogP) is 2.68. The van der Waals surface area contributed by atoms with E-state index in [2.05, 4.69) is 26.6 Å². The zero-order valence-electron chi connectivity index (χ0n) is 10.1. The topological polar surface area (TPSA) is 61.4 Å². The Morgan fingerprint density at radius 3 is 2.67 bits per heavy atom. The van der Waals surface area contributed by atoms with Gasteiger partial charge in [-0.1, -0.05) is 15.9 Å². The van der Waals surface area contributed by atoms with E-state index in [0.717, 1.165) is 15.9 Å². The molecule has 0 heterocycles. The van der Waals surface area contributed by atoms with Crippen LogP contribution in [0.2, 0.25) is 0 Å². The van der Waals surface area contributed by atoms with Crippen LogP contribution < -0.4 is 10.6 Å². The third-order valence-corrected chi connectivity index (χ3v) is 3.55. The first-order valence-electron chi connectivity index (χ1n) is 5.58. The minimum Gasteiger partial charge on any atom is -0.396 e. The standard InChI is InChI=1S/C12H17BrN2O2S/c1-18-8-11(6-7-16)15-12(17)14-10-4-2-9(13)3-5-10/h2-5,11,16H,6-8H2,1H3,(H2,14,15,17)/t11-/m0/s1. The lowest BCUT2D eigenvalue weighted by atomic mass is 10.2. The van der Waals surface area contributed by atoms with Crippen LogP contribution in [0.1, 0.15) is 6.42 Å². The lowest BCUT2D eigenvalue weighted by Gasteiger charge is -2.17. The maximum absolute atomic E-state index is 11.7. The second-order valence-electron chi connectivity index (χ2n) is 3.77. The summed E-state index contributed by atoms with van der Waals surface area (Å²) in [5.41, 5.74) is 0.739. The lowest BCUT2D eigenvalue weighted by molar-refractivity contribution is 0.241. The number of urea groups is 1. The zero-order chi connectivity index (χ0) is 13.4. The highest BCUT2D eigenvalue weighted by Crippen LogP contribution is 2.14. The summed E-state index contributed by atoms with van der Waals surface area (Å²) in [5, 5.41) is 14.5. The molecule has 0 fully saturated rings. The van der Waals surface area contributed by atoms with E-state index < -0.39 is 0 Å². The van der Waals surface area contributed by atoms with Crippen LogP contribution in [-0.4, -0.2) is 35.8 Å². The fourth-order valence-corrected chi connectivity index (χ4v) is 2.36. The fourth-order valence-electron chi connectivity index (χ4n) is 1.44. The van der Waals surface area contributed by atoms with Crippen molar-refractivity contribution in [1.82, 2.24) is 5.32 Å². The molecule has 18 heavy (non-hydrogen) atoms. The van der Waals surface area contributed by atoms with Crippen LogP contribution in [0.3, 0.4) is 0 Å². The molecule has 0 unspecified atom stereocenters. The quantitative estimate of drug-likeness (QED) is 0.750. The van der Waals surface area contributed by atoms with E-state index >= 15 is 0 Å².